The van der Waals surface area contributed by atoms with Gasteiger partial charge in [0.2, 0.25) is 0 Å². The van der Waals surface area contributed by atoms with Gasteiger partial charge in [-0.3, -0.25) is 0 Å². The van der Waals surface area contributed by atoms with Crippen molar-refractivity contribution in [3.8, 4) is 0 Å². The van der Waals surface area contributed by atoms with Crippen LogP contribution in [0.2, 0.25) is 0 Å². The third kappa shape index (κ3) is 4.18. The van der Waals surface area contributed by atoms with E-state index in [4.69, 9.17) is 0 Å². The highest BCUT2D eigenvalue weighted by atomic mass is 32.2. The smallest absolute Gasteiger partial charge is 0.183 e. The van der Waals surface area contributed by atoms with Crippen molar-refractivity contribution in [2.75, 3.05) is 19.6 Å². The molecule has 1 saturated heterocycles. The van der Waals surface area contributed by atoms with Crippen LogP contribution in [-0.4, -0.2) is 37.7 Å². The van der Waals surface area contributed by atoms with Crippen LogP contribution in [0.25, 0.3) is 0 Å². The fourth-order valence-corrected chi connectivity index (χ4v) is 5.21. The predicted molar refractivity (Wildman–Crippen MR) is 107 cm³/mol. The van der Waals surface area contributed by atoms with E-state index >= 15 is 0 Å². The molecule has 2 aromatic carbocycles. The average Bonchev–Trinajstić information content (AvgIpc) is 2.68. The van der Waals surface area contributed by atoms with Crippen LogP contribution in [0.4, 0.5) is 0 Å². The van der Waals surface area contributed by atoms with Gasteiger partial charge in [-0.1, -0.05) is 48.5 Å². The van der Waals surface area contributed by atoms with E-state index in [1.165, 1.54) is 5.56 Å². The van der Waals surface area contributed by atoms with Gasteiger partial charge in [-0.25, -0.2) is 8.42 Å². The summed E-state index contributed by atoms with van der Waals surface area (Å²) < 4.78 is 25.1. The monoisotopic (exact) mass is 371 g/mol. The standard InChI is InChI=1S/C22H29NO2S/c1-22(2,26(24,25)21-11-7-4-8-12-21)15-18-23-16-13-20(14-17-23)19-9-5-3-6-10-19/h3-12,20H,13-18H2,1-2H3. The van der Waals surface area contributed by atoms with Crippen LogP contribution in [-0.2, 0) is 9.84 Å². The number of sulfone groups is 1. The van der Waals surface area contributed by atoms with Crippen LogP contribution in [0.1, 0.15) is 44.6 Å². The normalized spacial score (nSPS) is 17.3. The van der Waals surface area contributed by atoms with Crippen molar-refractivity contribution < 1.29 is 8.42 Å². The number of hydrogen-bond donors (Lipinski definition) is 0. The highest BCUT2D eigenvalue weighted by Gasteiger charge is 2.36. The molecule has 0 amide bonds. The summed E-state index contributed by atoms with van der Waals surface area (Å²) in [6.07, 6.45) is 2.95. The van der Waals surface area contributed by atoms with Crippen molar-refractivity contribution in [1.29, 1.82) is 0 Å². The van der Waals surface area contributed by atoms with Crippen molar-refractivity contribution in [2.24, 2.45) is 0 Å². The zero-order valence-corrected chi connectivity index (χ0v) is 16.6. The minimum atomic E-state index is -3.32. The minimum absolute atomic E-state index is 0.424. The zero-order valence-electron chi connectivity index (χ0n) is 15.8. The van der Waals surface area contributed by atoms with Crippen molar-refractivity contribution in [3.05, 3.63) is 66.2 Å². The van der Waals surface area contributed by atoms with Gasteiger partial charge in [-0.2, -0.15) is 0 Å². The molecule has 0 spiro atoms. The Kier molecular flexibility index (Phi) is 5.83. The molecule has 0 aromatic heterocycles. The molecule has 4 heteroatoms. The second kappa shape index (κ2) is 7.93. The van der Waals surface area contributed by atoms with Crippen molar-refractivity contribution in [1.82, 2.24) is 4.90 Å². The van der Waals surface area contributed by atoms with Gasteiger partial charge in [0.1, 0.15) is 0 Å². The second-order valence-electron chi connectivity index (χ2n) is 7.85. The molecule has 3 nitrogen and oxygen atoms in total. The molecule has 0 atom stereocenters. The summed E-state index contributed by atoms with van der Waals surface area (Å²) >= 11 is 0. The molecule has 0 unspecified atom stereocenters. The molecule has 0 saturated carbocycles. The van der Waals surface area contributed by atoms with Gasteiger partial charge in [0.05, 0.1) is 9.64 Å². The summed E-state index contributed by atoms with van der Waals surface area (Å²) in [5, 5.41) is 0. The van der Waals surface area contributed by atoms with E-state index in [9.17, 15) is 8.42 Å². The molecular formula is C22H29NO2S. The maximum absolute atomic E-state index is 12.9. The maximum atomic E-state index is 12.9. The molecule has 3 rings (SSSR count). The molecule has 26 heavy (non-hydrogen) atoms. The quantitative estimate of drug-likeness (QED) is 0.750. The molecule has 0 radical (unpaired) electrons. The number of nitrogens with zero attached hydrogens (tertiary/aromatic N) is 1. The van der Waals surface area contributed by atoms with Crippen LogP contribution in [0, 0.1) is 0 Å². The van der Waals surface area contributed by atoms with Crippen molar-refractivity contribution in [2.45, 2.75) is 48.7 Å². The van der Waals surface area contributed by atoms with Crippen LogP contribution in [0.15, 0.2) is 65.6 Å². The Morgan fingerprint density at radius 1 is 0.923 bits per heavy atom. The molecule has 0 bridgehead atoms. The van der Waals surface area contributed by atoms with Crippen molar-refractivity contribution in [3.63, 3.8) is 0 Å². The first kappa shape index (κ1) is 19.1. The van der Waals surface area contributed by atoms with Crippen molar-refractivity contribution >= 4 is 9.84 Å². The zero-order chi connectivity index (χ0) is 18.6. The number of hydrogen-bond acceptors (Lipinski definition) is 3. The van der Waals surface area contributed by atoms with E-state index in [1.807, 2.05) is 19.9 Å². The average molecular weight is 372 g/mol. The highest BCUT2D eigenvalue weighted by molar-refractivity contribution is 7.92. The van der Waals surface area contributed by atoms with Gasteiger partial charge in [-0.05, 0) is 76.4 Å². The number of piperidine rings is 1. The predicted octanol–water partition coefficient (Wildman–Crippen LogP) is 4.51. The lowest BCUT2D eigenvalue weighted by molar-refractivity contribution is 0.204. The first-order valence-corrected chi connectivity index (χ1v) is 11.0. The summed E-state index contributed by atoms with van der Waals surface area (Å²) in [6, 6.07) is 19.5. The van der Waals surface area contributed by atoms with E-state index in [-0.39, 0.29) is 0 Å². The second-order valence-corrected chi connectivity index (χ2v) is 10.4. The highest BCUT2D eigenvalue weighted by Crippen LogP contribution is 2.31. The molecule has 140 valence electrons. The Labute approximate surface area is 158 Å². The Morgan fingerprint density at radius 3 is 2.04 bits per heavy atom. The van der Waals surface area contributed by atoms with E-state index in [0.717, 1.165) is 32.5 Å². The Bertz CT molecular complexity index is 793. The lowest BCUT2D eigenvalue weighted by Crippen LogP contribution is -2.39. The molecule has 1 aliphatic heterocycles. The number of benzene rings is 2. The van der Waals surface area contributed by atoms with E-state index < -0.39 is 14.6 Å². The van der Waals surface area contributed by atoms with Crippen LogP contribution in [0.3, 0.4) is 0 Å². The van der Waals surface area contributed by atoms with Gasteiger partial charge in [0, 0.05) is 0 Å². The molecule has 2 aromatic rings. The Morgan fingerprint density at radius 2 is 1.46 bits per heavy atom. The Balaban J connectivity index is 1.56. The summed E-state index contributed by atoms with van der Waals surface area (Å²) in [5.41, 5.74) is 1.43. The SMILES string of the molecule is CC(C)(CCN1CCC(c2ccccc2)CC1)S(=O)(=O)c1ccccc1. The molecule has 0 aliphatic carbocycles. The van der Waals surface area contributed by atoms with Gasteiger partial charge >= 0.3 is 0 Å². The fraction of sp³-hybridized carbons (Fsp3) is 0.455. The lowest BCUT2D eigenvalue weighted by Gasteiger charge is -2.34. The van der Waals surface area contributed by atoms with Gasteiger partial charge in [0.15, 0.2) is 9.84 Å². The van der Waals surface area contributed by atoms with Crippen LogP contribution < -0.4 is 0 Å². The van der Waals surface area contributed by atoms with Crippen LogP contribution >= 0.6 is 0 Å². The lowest BCUT2D eigenvalue weighted by atomic mass is 9.89. The summed E-state index contributed by atoms with van der Waals surface area (Å²) in [4.78, 5) is 2.84. The minimum Gasteiger partial charge on any atom is -0.303 e. The number of likely N-dealkylation sites (tertiary alicyclic amines) is 1. The summed E-state index contributed by atoms with van der Waals surface area (Å²) in [7, 11) is -3.32. The van der Waals surface area contributed by atoms with Crippen LogP contribution in [0.5, 0.6) is 0 Å². The van der Waals surface area contributed by atoms with Gasteiger partial charge in [0.25, 0.3) is 0 Å². The topological polar surface area (TPSA) is 37.4 Å². The third-order valence-corrected chi connectivity index (χ3v) is 8.22. The first-order valence-electron chi connectivity index (χ1n) is 9.47. The maximum Gasteiger partial charge on any atom is 0.183 e. The molecular weight excluding hydrogens is 342 g/mol. The fourth-order valence-electron chi connectivity index (χ4n) is 3.70. The largest absolute Gasteiger partial charge is 0.303 e. The van der Waals surface area contributed by atoms with Gasteiger partial charge < -0.3 is 4.90 Å². The molecule has 1 fully saturated rings. The van der Waals surface area contributed by atoms with E-state index in [2.05, 4.69) is 35.2 Å². The molecule has 1 aliphatic rings. The van der Waals surface area contributed by atoms with E-state index in [1.54, 1.807) is 24.3 Å². The summed E-state index contributed by atoms with van der Waals surface area (Å²) in [6.45, 7) is 6.63. The molecule has 1 heterocycles. The first-order chi connectivity index (χ1) is 12.4. The van der Waals surface area contributed by atoms with Gasteiger partial charge in [-0.15, -0.1) is 0 Å². The third-order valence-electron chi connectivity index (χ3n) is 5.67. The Hall–Kier alpha value is -1.65. The summed E-state index contributed by atoms with van der Waals surface area (Å²) in [5.74, 6) is 0.633. The molecule has 0 N–H and O–H groups in total. The van der Waals surface area contributed by atoms with E-state index in [0.29, 0.717) is 17.2 Å². The number of rotatable bonds is 6.